The van der Waals surface area contributed by atoms with Gasteiger partial charge in [-0.05, 0) is 36.6 Å². The van der Waals surface area contributed by atoms with Crippen LogP contribution < -0.4 is 10.5 Å². The van der Waals surface area contributed by atoms with Crippen LogP contribution in [0, 0.1) is 18.3 Å². The molecule has 0 bridgehead atoms. The van der Waals surface area contributed by atoms with Gasteiger partial charge in [0.05, 0.1) is 12.7 Å². The van der Waals surface area contributed by atoms with E-state index in [2.05, 4.69) is 6.07 Å². The Labute approximate surface area is 90.5 Å². The second-order valence-electron chi connectivity index (χ2n) is 3.67. The third-order valence-corrected chi connectivity index (χ3v) is 2.54. The summed E-state index contributed by atoms with van der Waals surface area (Å²) in [5.41, 5.74) is 8.25. The normalized spacial score (nSPS) is 11.9. The lowest BCUT2D eigenvalue weighted by atomic mass is 9.96. The summed E-state index contributed by atoms with van der Waals surface area (Å²) in [6.07, 6.45) is 0. The van der Waals surface area contributed by atoms with Crippen molar-refractivity contribution in [3.8, 4) is 11.8 Å². The molecule has 0 heterocycles. The Bertz CT molecular complexity index is 393. The maximum atomic E-state index is 8.99. The Morgan fingerprint density at radius 1 is 1.53 bits per heavy atom. The van der Waals surface area contributed by atoms with Crippen LogP contribution in [0.25, 0.3) is 0 Å². The van der Waals surface area contributed by atoms with Gasteiger partial charge < -0.3 is 10.5 Å². The van der Waals surface area contributed by atoms with E-state index in [-0.39, 0.29) is 5.92 Å². The molecule has 0 spiro atoms. The van der Waals surface area contributed by atoms with E-state index in [0.717, 1.165) is 11.1 Å². The van der Waals surface area contributed by atoms with Crippen molar-refractivity contribution in [1.82, 2.24) is 0 Å². The SMILES string of the molecule is COc1c(C)cc(C(C)CN)cc1C#N. The summed E-state index contributed by atoms with van der Waals surface area (Å²) in [5, 5.41) is 8.99. The average molecular weight is 204 g/mol. The molecule has 2 N–H and O–H groups in total. The van der Waals surface area contributed by atoms with E-state index in [0.29, 0.717) is 17.9 Å². The number of ether oxygens (including phenoxy) is 1. The predicted molar refractivity (Wildman–Crippen MR) is 59.9 cm³/mol. The highest BCUT2D eigenvalue weighted by molar-refractivity contribution is 5.51. The van der Waals surface area contributed by atoms with Crippen molar-refractivity contribution in [2.75, 3.05) is 13.7 Å². The Hall–Kier alpha value is -1.53. The molecule has 1 aromatic carbocycles. The highest BCUT2D eigenvalue weighted by Crippen LogP contribution is 2.27. The zero-order valence-electron chi connectivity index (χ0n) is 9.37. The first kappa shape index (κ1) is 11.5. The predicted octanol–water partition coefficient (Wildman–Crippen LogP) is 1.94. The van der Waals surface area contributed by atoms with Crippen LogP contribution in [0.1, 0.15) is 29.5 Å². The van der Waals surface area contributed by atoms with E-state index >= 15 is 0 Å². The van der Waals surface area contributed by atoms with Gasteiger partial charge in [0.15, 0.2) is 0 Å². The lowest BCUT2D eigenvalue weighted by Gasteiger charge is -2.13. The molecule has 0 saturated heterocycles. The molecule has 0 aliphatic heterocycles. The van der Waals surface area contributed by atoms with Gasteiger partial charge in [-0.15, -0.1) is 0 Å². The van der Waals surface area contributed by atoms with Gasteiger partial charge in [-0.2, -0.15) is 5.26 Å². The van der Waals surface area contributed by atoms with Crippen molar-refractivity contribution in [2.24, 2.45) is 5.73 Å². The monoisotopic (exact) mass is 204 g/mol. The third-order valence-electron chi connectivity index (χ3n) is 2.54. The van der Waals surface area contributed by atoms with E-state index in [4.69, 9.17) is 15.7 Å². The van der Waals surface area contributed by atoms with Crippen molar-refractivity contribution in [1.29, 1.82) is 5.26 Å². The summed E-state index contributed by atoms with van der Waals surface area (Å²) in [5.74, 6) is 0.923. The summed E-state index contributed by atoms with van der Waals surface area (Å²) in [4.78, 5) is 0. The van der Waals surface area contributed by atoms with Crippen LogP contribution in [0.3, 0.4) is 0 Å². The largest absolute Gasteiger partial charge is 0.495 e. The number of nitrogens with zero attached hydrogens (tertiary/aromatic N) is 1. The number of methoxy groups -OCH3 is 1. The minimum Gasteiger partial charge on any atom is -0.495 e. The van der Waals surface area contributed by atoms with Crippen molar-refractivity contribution < 1.29 is 4.74 Å². The van der Waals surface area contributed by atoms with Crippen molar-refractivity contribution in [2.45, 2.75) is 19.8 Å². The van der Waals surface area contributed by atoms with Crippen molar-refractivity contribution in [3.05, 3.63) is 28.8 Å². The summed E-state index contributed by atoms with van der Waals surface area (Å²) in [6, 6.07) is 6.02. The Morgan fingerprint density at radius 2 is 2.20 bits per heavy atom. The van der Waals surface area contributed by atoms with Crippen LogP contribution in [0.2, 0.25) is 0 Å². The van der Waals surface area contributed by atoms with Gasteiger partial charge in [0, 0.05) is 0 Å². The van der Waals surface area contributed by atoms with Crippen LogP contribution in [0.15, 0.2) is 12.1 Å². The van der Waals surface area contributed by atoms with Crippen LogP contribution in [-0.2, 0) is 0 Å². The second kappa shape index (κ2) is 4.81. The molecule has 0 fully saturated rings. The fourth-order valence-corrected chi connectivity index (χ4v) is 1.58. The summed E-state index contributed by atoms with van der Waals surface area (Å²) >= 11 is 0. The van der Waals surface area contributed by atoms with E-state index in [1.807, 2.05) is 26.0 Å². The minimum atomic E-state index is 0.265. The molecule has 1 aromatic rings. The maximum absolute atomic E-state index is 8.99. The highest BCUT2D eigenvalue weighted by Gasteiger charge is 2.11. The summed E-state index contributed by atoms with van der Waals surface area (Å²) in [6.45, 7) is 4.56. The molecular formula is C12H16N2O. The molecule has 1 atom stereocenters. The highest BCUT2D eigenvalue weighted by atomic mass is 16.5. The number of hydrogen-bond donors (Lipinski definition) is 1. The van der Waals surface area contributed by atoms with E-state index in [1.165, 1.54) is 0 Å². The number of rotatable bonds is 3. The molecule has 0 radical (unpaired) electrons. The van der Waals surface area contributed by atoms with Crippen LogP contribution in [0.4, 0.5) is 0 Å². The second-order valence-corrected chi connectivity index (χ2v) is 3.67. The quantitative estimate of drug-likeness (QED) is 0.818. The molecular weight excluding hydrogens is 188 g/mol. The van der Waals surface area contributed by atoms with Crippen LogP contribution >= 0.6 is 0 Å². The van der Waals surface area contributed by atoms with Gasteiger partial charge in [-0.3, -0.25) is 0 Å². The number of hydrogen-bond acceptors (Lipinski definition) is 3. The molecule has 0 saturated carbocycles. The fraction of sp³-hybridized carbons (Fsp3) is 0.417. The van der Waals surface area contributed by atoms with E-state index in [9.17, 15) is 0 Å². The molecule has 80 valence electrons. The van der Waals surface area contributed by atoms with Gasteiger partial charge in [-0.25, -0.2) is 0 Å². The van der Waals surface area contributed by atoms with Crippen molar-refractivity contribution in [3.63, 3.8) is 0 Å². The first-order valence-corrected chi connectivity index (χ1v) is 4.92. The molecule has 3 heteroatoms. The lowest BCUT2D eigenvalue weighted by molar-refractivity contribution is 0.410. The first-order valence-electron chi connectivity index (χ1n) is 4.92. The topological polar surface area (TPSA) is 59.0 Å². The summed E-state index contributed by atoms with van der Waals surface area (Å²) in [7, 11) is 1.58. The number of nitriles is 1. The van der Waals surface area contributed by atoms with E-state index in [1.54, 1.807) is 7.11 Å². The van der Waals surface area contributed by atoms with Gasteiger partial charge in [0.1, 0.15) is 11.8 Å². The maximum Gasteiger partial charge on any atom is 0.139 e. The third kappa shape index (κ3) is 2.28. The van der Waals surface area contributed by atoms with Crippen LogP contribution in [0.5, 0.6) is 5.75 Å². The zero-order chi connectivity index (χ0) is 11.4. The number of nitrogens with two attached hydrogens (primary N) is 1. The number of benzene rings is 1. The molecule has 0 aliphatic rings. The molecule has 3 nitrogen and oxygen atoms in total. The van der Waals surface area contributed by atoms with Gasteiger partial charge in [0.2, 0.25) is 0 Å². The van der Waals surface area contributed by atoms with Gasteiger partial charge >= 0.3 is 0 Å². The Balaban J connectivity index is 3.27. The molecule has 0 aliphatic carbocycles. The van der Waals surface area contributed by atoms with Crippen molar-refractivity contribution >= 4 is 0 Å². The van der Waals surface area contributed by atoms with Gasteiger partial charge in [0.25, 0.3) is 0 Å². The average Bonchev–Trinajstić information content (AvgIpc) is 2.26. The Morgan fingerprint density at radius 3 is 2.67 bits per heavy atom. The molecule has 1 rings (SSSR count). The van der Waals surface area contributed by atoms with E-state index < -0.39 is 0 Å². The molecule has 0 aromatic heterocycles. The Kier molecular flexibility index (Phi) is 3.70. The van der Waals surface area contributed by atoms with Crippen LogP contribution in [-0.4, -0.2) is 13.7 Å². The smallest absolute Gasteiger partial charge is 0.139 e. The minimum absolute atomic E-state index is 0.265. The summed E-state index contributed by atoms with van der Waals surface area (Å²) < 4.78 is 5.18. The first-order chi connectivity index (χ1) is 7.13. The number of aryl methyl sites for hydroxylation is 1. The fourth-order valence-electron chi connectivity index (χ4n) is 1.58. The van der Waals surface area contributed by atoms with Gasteiger partial charge in [-0.1, -0.05) is 13.0 Å². The molecule has 15 heavy (non-hydrogen) atoms. The molecule has 0 amide bonds. The standard InChI is InChI=1S/C12H16N2O/c1-8-4-10(9(2)6-13)5-11(7-14)12(8)15-3/h4-5,9H,6,13H2,1-3H3. The zero-order valence-corrected chi connectivity index (χ0v) is 9.37. The lowest BCUT2D eigenvalue weighted by Crippen LogP contribution is -2.09. The molecule has 1 unspecified atom stereocenters.